The molecule has 0 saturated carbocycles. The molecule has 84 valence electrons. The second-order valence-electron chi connectivity index (χ2n) is 3.26. The fraction of sp³-hybridized carbons (Fsp3) is 0.714. The van der Waals surface area contributed by atoms with Crippen molar-refractivity contribution >= 4 is 20.0 Å². The lowest BCUT2D eigenvalue weighted by Gasteiger charge is -2.05. The van der Waals surface area contributed by atoms with Crippen molar-refractivity contribution in [3.63, 3.8) is 0 Å². The molecule has 2 heterocycles. The second kappa shape index (κ2) is 4.02. The van der Waals surface area contributed by atoms with Crippen LogP contribution >= 0.6 is 8.09 Å². The molecule has 1 amide bonds. The summed E-state index contributed by atoms with van der Waals surface area (Å²) in [5.74, 6) is -0.886. The van der Waals surface area contributed by atoms with Gasteiger partial charge in [-0.05, 0) is 6.42 Å². The number of rotatable bonds is 3. The Labute approximate surface area is 86.9 Å². The van der Waals surface area contributed by atoms with Crippen LogP contribution in [0.5, 0.6) is 0 Å². The van der Waals surface area contributed by atoms with Crippen molar-refractivity contribution in [2.24, 2.45) is 5.73 Å². The van der Waals surface area contributed by atoms with Gasteiger partial charge in [0, 0.05) is 6.42 Å². The fourth-order valence-corrected chi connectivity index (χ4v) is 3.39. The van der Waals surface area contributed by atoms with Gasteiger partial charge in [-0.2, -0.15) is 9.05 Å². The van der Waals surface area contributed by atoms with Crippen molar-refractivity contribution in [2.75, 3.05) is 13.2 Å². The van der Waals surface area contributed by atoms with Crippen LogP contribution < -0.4 is 10.8 Å². The van der Waals surface area contributed by atoms with Gasteiger partial charge in [0.15, 0.2) is 6.04 Å². The highest BCUT2D eigenvalue weighted by Gasteiger charge is 2.62. The maximum atomic E-state index is 11.4. The SMILES string of the molecule is NC(=O)CC[C@H]1N[P+]2(OCCO2)OC1=O. The minimum atomic E-state index is -2.62. The van der Waals surface area contributed by atoms with Gasteiger partial charge in [0.1, 0.15) is 13.2 Å². The van der Waals surface area contributed by atoms with Crippen LogP contribution in [-0.2, 0) is 23.2 Å². The smallest absolute Gasteiger partial charge is 0.370 e. The summed E-state index contributed by atoms with van der Waals surface area (Å²) in [6, 6.07) is -0.552. The molecule has 1 spiro atoms. The number of nitrogens with two attached hydrogens (primary N) is 1. The monoisotopic (exact) mass is 235 g/mol. The number of hydrogen-bond acceptors (Lipinski definition) is 6. The van der Waals surface area contributed by atoms with E-state index in [-0.39, 0.29) is 6.42 Å². The number of nitrogens with one attached hydrogen (secondary N) is 1. The summed E-state index contributed by atoms with van der Waals surface area (Å²) < 4.78 is 15.5. The molecule has 0 aromatic carbocycles. The molecule has 0 aromatic rings. The standard InChI is InChI=1S/C7H11N2O5P/c8-6(10)2-1-5-7(11)14-15(9-5)12-3-4-13-15/h5,9H,1-4H2,(H-,8,10)/p+1/t5-/m1/s1. The molecule has 2 fully saturated rings. The Bertz CT molecular complexity index is 291. The molecule has 2 aliphatic rings. The van der Waals surface area contributed by atoms with Crippen molar-refractivity contribution in [1.29, 1.82) is 0 Å². The van der Waals surface area contributed by atoms with E-state index in [0.717, 1.165) is 0 Å². The predicted octanol–water partition coefficient (Wildman–Crippen LogP) is -0.509. The molecule has 0 radical (unpaired) electrons. The van der Waals surface area contributed by atoms with Crippen LogP contribution in [0.2, 0.25) is 0 Å². The van der Waals surface area contributed by atoms with Gasteiger partial charge >= 0.3 is 14.1 Å². The molecule has 0 bridgehead atoms. The number of carbonyl (C=O) groups excluding carboxylic acids is 2. The van der Waals surface area contributed by atoms with Crippen LogP contribution in [0.1, 0.15) is 12.8 Å². The molecule has 3 N–H and O–H groups in total. The van der Waals surface area contributed by atoms with Crippen molar-refractivity contribution in [2.45, 2.75) is 18.9 Å². The van der Waals surface area contributed by atoms with Crippen molar-refractivity contribution in [3.05, 3.63) is 0 Å². The Kier molecular flexibility index (Phi) is 2.88. The Hall–Kier alpha value is -0.750. The molecule has 2 rings (SSSR count). The molecule has 15 heavy (non-hydrogen) atoms. The van der Waals surface area contributed by atoms with E-state index in [0.29, 0.717) is 19.6 Å². The topological polar surface area (TPSA) is 99.9 Å². The normalized spacial score (nSPS) is 28.3. The Balaban J connectivity index is 1.92. The Morgan fingerprint density at radius 2 is 2.20 bits per heavy atom. The van der Waals surface area contributed by atoms with Gasteiger partial charge in [-0.1, -0.05) is 5.09 Å². The highest BCUT2D eigenvalue weighted by atomic mass is 31.2. The second-order valence-corrected chi connectivity index (χ2v) is 5.21. The zero-order valence-corrected chi connectivity index (χ0v) is 8.87. The maximum absolute atomic E-state index is 11.4. The molecule has 0 unspecified atom stereocenters. The average Bonchev–Trinajstić information content (AvgIpc) is 2.72. The van der Waals surface area contributed by atoms with E-state index in [4.69, 9.17) is 19.3 Å². The zero-order chi connectivity index (χ0) is 10.9. The summed E-state index contributed by atoms with van der Waals surface area (Å²) in [5.41, 5.74) is 4.99. The van der Waals surface area contributed by atoms with E-state index in [1.54, 1.807) is 0 Å². The first-order valence-electron chi connectivity index (χ1n) is 4.59. The molecule has 1 atom stereocenters. The van der Waals surface area contributed by atoms with Gasteiger partial charge in [0.2, 0.25) is 5.91 Å². The summed E-state index contributed by atoms with van der Waals surface area (Å²) >= 11 is 0. The van der Waals surface area contributed by atoms with Crippen LogP contribution in [-0.4, -0.2) is 31.1 Å². The van der Waals surface area contributed by atoms with Crippen LogP contribution in [0.3, 0.4) is 0 Å². The van der Waals surface area contributed by atoms with Crippen molar-refractivity contribution in [1.82, 2.24) is 5.09 Å². The van der Waals surface area contributed by atoms with E-state index in [9.17, 15) is 9.59 Å². The average molecular weight is 235 g/mol. The zero-order valence-electron chi connectivity index (χ0n) is 7.97. The number of primary amides is 1. The third-order valence-corrected chi connectivity index (χ3v) is 4.19. The lowest BCUT2D eigenvalue weighted by Crippen LogP contribution is -2.28. The van der Waals surface area contributed by atoms with E-state index >= 15 is 0 Å². The first-order valence-corrected chi connectivity index (χ1v) is 6.13. The summed E-state index contributed by atoms with van der Waals surface area (Å²) in [6.45, 7) is 0.827. The molecule has 8 heteroatoms. The van der Waals surface area contributed by atoms with Gasteiger partial charge < -0.3 is 5.73 Å². The van der Waals surface area contributed by atoms with Gasteiger partial charge in [-0.3, -0.25) is 4.79 Å². The maximum Gasteiger partial charge on any atom is 0.550 e. The molecule has 0 aliphatic carbocycles. The Morgan fingerprint density at radius 3 is 2.80 bits per heavy atom. The van der Waals surface area contributed by atoms with E-state index in [1.165, 1.54) is 0 Å². The van der Waals surface area contributed by atoms with Crippen molar-refractivity contribution < 1.29 is 23.2 Å². The van der Waals surface area contributed by atoms with Crippen LogP contribution in [0.15, 0.2) is 0 Å². The largest absolute Gasteiger partial charge is 0.550 e. The molecule has 0 aromatic heterocycles. The quantitative estimate of drug-likeness (QED) is 0.639. The molecule has 7 nitrogen and oxygen atoms in total. The van der Waals surface area contributed by atoms with Gasteiger partial charge in [-0.25, -0.2) is 9.32 Å². The molecule has 2 saturated heterocycles. The minimum Gasteiger partial charge on any atom is -0.370 e. The van der Waals surface area contributed by atoms with Crippen LogP contribution in [0.25, 0.3) is 0 Å². The predicted molar refractivity (Wildman–Crippen MR) is 50.3 cm³/mol. The summed E-state index contributed by atoms with van der Waals surface area (Å²) in [6.07, 6.45) is 0.440. The summed E-state index contributed by atoms with van der Waals surface area (Å²) in [7, 11) is -2.62. The van der Waals surface area contributed by atoms with E-state index in [1.807, 2.05) is 0 Å². The Morgan fingerprint density at radius 1 is 1.53 bits per heavy atom. The first kappa shape index (κ1) is 10.8. The van der Waals surface area contributed by atoms with Crippen LogP contribution in [0, 0.1) is 0 Å². The van der Waals surface area contributed by atoms with E-state index in [2.05, 4.69) is 5.09 Å². The molecular formula is C7H12N2O5P+. The van der Waals surface area contributed by atoms with Gasteiger partial charge in [0.05, 0.1) is 0 Å². The van der Waals surface area contributed by atoms with E-state index < -0.39 is 26.0 Å². The first-order chi connectivity index (χ1) is 7.11. The fourth-order valence-electron chi connectivity index (χ4n) is 1.40. The molecular weight excluding hydrogens is 223 g/mol. The number of amides is 1. The summed E-state index contributed by atoms with van der Waals surface area (Å²) in [4.78, 5) is 21.9. The highest BCUT2D eigenvalue weighted by molar-refractivity contribution is 7.60. The minimum absolute atomic E-state index is 0.132. The third kappa shape index (κ3) is 2.26. The lowest BCUT2D eigenvalue weighted by atomic mass is 10.2. The summed E-state index contributed by atoms with van der Waals surface area (Å²) in [5, 5.41) is 2.86. The number of carbonyl (C=O) groups is 2. The van der Waals surface area contributed by atoms with Gasteiger partial charge in [0.25, 0.3) is 0 Å². The lowest BCUT2D eigenvalue weighted by molar-refractivity contribution is -0.134. The third-order valence-electron chi connectivity index (χ3n) is 2.09. The molecule has 2 aliphatic heterocycles. The van der Waals surface area contributed by atoms with Gasteiger partial charge in [-0.15, -0.1) is 0 Å². The highest BCUT2D eigenvalue weighted by Crippen LogP contribution is 2.64. The van der Waals surface area contributed by atoms with Crippen molar-refractivity contribution in [3.8, 4) is 0 Å². The van der Waals surface area contributed by atoms with Crippen LogP contribution in [0.4, 0.5) is 0 Å². The number of hydrogen-bond donors (Lipinski definition) is 2.